The molecule has 12 rings (SSSR count). The van der Waals surface area contributed by atoms with Gasteiger partial charge in [0.25, 0.3) is 0 Å². The molecule has 7 aliphatic rings. The molecular weight excluding hydrogens is 1490 g/mol. The third kappa shape index (κ3) is 19.6. The van der Waals surface area contributed by atoms with Gasteiger partial charge in [0.1, 0.15) is 95.5 Å². The Balaban J connectivity index is 1.20. The molecule has 2 fully saturated rings. The maximum atomic E-state index is 16.2. The highest BCUT2D eigenvalue weighted by molar-refractivity contribution is 6.32. The van der Waals surface area contributed by atoms with Gasteiger partial charge < -0.3 is 128 Å². The topological polar surface area (TPSA) is 522 Å². The Labute approximate surface area is 648 Å². The number of ether oxygens (including phenoxy) is 6. The van der Waals surface area contributed by atoms with Crippen LogP contribution in [0.25, 0.3) is 11.1 Å². The molecule has 0 saturated carbocycles. The summed E-state index contributed by atoms with van der Waals surface area (Å²) in [6.45, 7) is 7.91. The Morgan fingerprint density at radius 2 is 1.29 bits per heavy atom. The molecule has 33 nitrogen and oxygen atoms in total. The van der Waals surface area contributed by atoms with Gasteiger partial charge in [0.2, 0.25) is 59.3 Å². The zero-order valence-electron chi connectivity index (χ0n) is 61.7. The zero-order chi connectivity index (χ0) is 80.6. The molecule has 111 heavy (non-hydrogen) atoms. The van der Waals surface area contributed by atoms with Crippen molar-refractivity contribution in [3.8, 4) is 57.1 Å². The minimum absolute atomic E-state index is 0.0748. The fourth-order valence-electron chi connectivity index (χ4n) is 14.1. The van der Waals surface area contributed by atoms with E-state index in [1.165, 1.54) is 45.2 Å². The number of aliphatic hydroxyl groups is 6. The van der Waals surface area contributed by atoms with Crippen LogP contribution in [0, 0.1) is 5.92 Å². The summed E-state index contributed by atoms with van der Waals surface area (Å²) in [4.78, 5) is 120. The summed E-state index contributed by atoms with van der Waals surface area (Å²) in [5.41, 5.74) is 8.78. The number of benzene rings is 5. The third-order valence-electron chi connectivity index (χ3n) is 20.1. The quantitative estimate of drug-likeness (QED) is 0.0442. The second kappa shape index (κ2) is 36.5. The lowest BCUT2D eigenvalue weighted by atomic mass is 9.86. The van der Waals surface area contributed by atoms with E-state index in [1.54, 1.807) is 0 Å². The average Bonchev–Trinajstić information content (AvgIpc) is 0.764. The van der Waals surface area contributed by atoms with Crippen LogP contribution in [-0.4, -0.2) is 192 Å². The minimum atomic E-state index is -2.33. The van der Waals surface area contributed by atoms with Gasteiger partial charge in [-0.25, -0.2) is 0 Å². The van der Waals surface area contributed by atoms with Gasteiger partial charge >= 0.3 is 0 Å². The van der Waals surface area contributed by atoms with Gasteiger partial charge in [0, 0.05) is 35.7 Å². The summed E-state index contributed by atoms with van der Waals surface area (Å²) in [5, 5.41) is 125. The number of hydrogen-bond acceptors (Lipinski definition) is 25. The number of fused-ring (bicyclic) bond motifs is 15. The van der Waals surface area contributed by atoms with Crippen LogP contribution in [0.3, 0.4) is 0 Å². The number of unbranched alkanes of at least 4 members (excludes halogenated alkanes) is 7. The van der Waals surface area contributed by atoms with Crippen molar-refractivity contribution in [3.05, 3.63) is 117 Å². The van der Waals surface area contributed by atoms with E-state index < -0.39 is 215 Å². The highest BCUT2D eigenvalue weighted by Gasteiger charge is 2.52. The predicted molar refractivity (Wildman–Crippen MR) is 397 cm³/mol. The Kier molecular flexibility index (Phi) is 27.7. The predicted octanol–water partition coefficient (Wildman–Crippen LogP) is 3.28. The molecule has 602 valence electrons. The van der Waals surface area contributed by atoms with E-state index in [-0.39, 0.29) is 75.2 Å². The number of amides is 8. The first-order valence-corrected chi connectivity index (χ1v) is 37.5. The van der Waals surface area contributed by atoms with E-state index in [0.717, 1.165) is 93.1 Å². The number of rotatable bonds is 22. The monoisotopic (exact) mass is 1590 g/mol. The van der Waals surface area contributed by atoms with Crippen LogP contribution in [0.4, 0.5) is 0 Å². The molecule has 5 aromatic carbocycles. The van der Waals surface area contributed by atoms with E-state index in [2.05, 4.69) is 49.5 Å². The first-order valence-electron chi connectivity index (χ1n) is 36.7. The van der Waals surface area contributed by atoms with Crippen molar-refractivity contribution in [1.82, 2.24) is 42.5 Å². The molecule has 1 unspecified atom stereocenters. The van der Waals surface area contributed by atoms with Crippen molar-refractivity contribution in [3.63, 3.8) is 0 Å². The lowest BCUT2D eigenvalue weighted by molar-refractivity contribution is -0.333. The summed E-state index contributed by atoms with van der Waals surface area (Å²) < 4.78 is 38.7. The maximum absolute atomic E-state index is 16.2. The highest BCUT2D eigenvalue weighted by atomic mass is 35.5. The summed E-state index contributed by atoms with van der Waals surface area (Å²) in [6, 6.07) is 0.702. The molecule has 7 aliphatic heterocycles. The molecule has 2 saturated heterocycles. The van der Waals surface area contributed by atoms with Gasteiger partial charge in [0.05, 0.1) is 41.3 Å². The smallest absolute Gasteiger partial charge is 0.248 e. The minimum Gasteiger partial charge on any atom is -0.508 e. The first-order chi connectivity index (χ1) is 52.7. The molecule has 0 radical (unpaired) electrons. The van der Waals surface area contributed by atoms with E-state index in [1.807, 2.05) is 13.8 Å². The number of phenols is 3. The van der Waals surface area contributed by atoms with Crippen LogP contribution in [0.1, 0.15) is 163 Å². The van der Waals surface area contributed by atoms with Crippen molar-refractivity contribution in [1.29, 1.82) is 0 Å². The summed E-state index contributed by atoms with van der Waals surface area (Å²) >= 11 is 14.3. The fourth-order valence-corrected chi connectivity index (χ4v) is 14.5. The first kappa shape index (κ1) is 84.3. The number of primary amides is 1. The highest BCUT2D eigenvalue weighted by Crippen LogP contribution is 2.50. The average molecular weight is 1590 g/mol. The number of nitrogens with two attached hydrogens (primary N) is 2. The van der Waals surface area contributed by atoms with Crippen LogP contribution in [0.5, 0.6) is 46.0 Å². The molecule has 0 aliphatic carbocycles. The molecule has 35 heteroatoms. The van der Waals surface area contributed by atoms with Crippen molar-refractivity contribution in [2.45, 2.75) is 214 Å². The van der Waals surface area contributed by atoms with Crippen molar-refractivity contribution >= 4 is 70.5 Å². The Morgan fingerprint density at radius 1 is 0.685 bits per heavy atom. The molecule has 5 aromatic rings. The normalized spacial score (nSPS) is 27.8. The summed E-state index contributed by atoms with van der Waals surface area (Å²) in [7, 11) is 1.48. The van der Waals surface area contributed by atoms with Gasteiger partial charge in [-0.15, -0.1) is 0 Å². The Morgan fingerprint density at radius 3 is 1.89 bits per heavy atom. The van der Waals surface area contributed by atoms with Crippen LogP contribution in [0.15, 0.2) is 78.9 Å². The largest absolute Gasteiger partial charge is 0.508 e. The van der Waals surface area contributed by atoms with Gasteiger partial charge in [-0.2, -0.15) is 0 Å². The van der Waals surface area contributed by atoms with E-state index in [9.17, 15) is 65.1 Å². The number of aliphatic hydroxyl groups excluding tert-OH is 6. The number of likely N-dealkylation sites (N-methyl/N-ethyl adjacent to an activating group) is 1. The number of carbonyl (C=O) groups is 8. The number of carbonyl (C=O) groups excluding carboxylic acids is 8. The van der Waals surface area contributed by atoms with E-state index >= 15 is 19.2 Å². The number of aromatic hydroxyl groups is 3. The maximum Gasteiger partial charge on any atom is 0.248 e. The van der Waals surface area contributed by atoms with Crippen LogP contribution < -0.4 is 68.2 Å². The van der Waals surface area contributed by atoms with Crippen molar-refractivity contribution in [2.75, 3.05) is 20.2 Å². The summed E-state index contributed by atoms with van der Waals surface area (Å²) in [6.07, 6.45) is -11.1. The molecule has 7 heterocycles. The van der Waals surface area contributed by atoms with E-state index in [0.29, 0.717) is 12.8 Å². The van der Waals surface area contributed by atoms with Crippen LogP contribution in [0.2, 0.25) is 10.0 Å². The van der Waals surface area contributed by atoms with Crippen molar-refractivity contribution < 1.29 is 113 Å². The standard InChI is InChI=1S/C76H96Cl2N10O23/c1-7-8-9-10-11-12-13-14-21-82-70(101)58-41-28-39(90)29-47(92)55(41)40-23-35(15-18-46(40)91)56-71(102)88-60(74(105)86-58)62(95)37-17-20-49(43(78)25-37)108-51-27-38-26-50(65(51)111-75-66(64(97)63(96)52(32-89)109-75)110-54-31-76(5,80)67(98)34(4)106-54)107-48-19-16-36(24-42(48)77)61(94)59(87-68(99)44(81-6)22-33(2)3)73(104)83-45(30-53(79)93)69(100)84-57(38)72(103)85-56/h15-20,23-29,33-34,44-45,52,54,56-64,66-67,75,81,89-92,94-98H,7-14,21-22,30-32,80H2,1-6H3,(H2,79,93)(H,82,101)(H,83,104)(H,84,100)(H,85,103)(H,86,105)(H,87,99)(H,88,102)/t34-,44+,45-,52+,54-,56+,57+,58-,59+,60-,61?,62+,63+,64-,66+,67+,75-,76-/m0/s1. The fraction of sp³-hybridized carbons (Fsp3) is 0.500. The van der Waals surface area contributed by atoms with Crippen molar-refractivity contribution in [2.24, 2.45) is 17.4 Å². The van der Waals surface area contributed by atoms with Gasteiger partial charge in [-0.1, -0.05) is 107 Å². The second-order valence-electron chi connectivity index (χ2n) is 29.1. The molecular formula is C76H96Cl2N10O23. The number of hydrogen-bond donors (Lipinski definition) is 19. The molecule has 0 spiro atoms. The number of nitrogens with one attached hydrogen (secondary N) is 8. The van der Waals surface area contributed by atoms with Crippen LogP contribution in [-0.2, 0) is 52.6 Å². The number of halogens is 2. The van der Waals surface area contributed by atoms with E-state index in [4.69, 9.17) is 63.1 Å². The third-order valence-corrected chi connectivity index (χ3v) is 20.7. The zero-order valence-corrected chi connectivity index (χ0v) is 63.3. The molecule has 8 amide bonds. The van der Waals surface area contributed by atoms with Crippen LogP contribution >= 0.6 is 23.2 Å². The number of phenolic OH excluding ortho intramolecular Hbond substituents is 3. The Bertz CT molecular complexity index is 4270. The Hall–Kier alpha value is -9.20. The lowest BCUT2D eigenvalue weighted by Crippen LogP contribution is -2.64. The SMILES string of the molecule is CCCCCCCCCCNC(=O)[C@H]1NC(=O)[C@H]2NC(=O)[C@H](NC(=O)[C@@H]3NC(=O)[C@H](CC(N)=O)NC(=O)[C@H](NC(=O)[C@@H](CC(C)C)NC)C(O)c4ccc(c(Cl)c4)Oc4cc3cc(c4O[C@@H]3O[C@H](CO)[C@@H](O)[C@H](O)[C@H]3O[C@H]3C[C@](C)(N)[C@H](O)[C@H](C)O3)Oc3ccc(cc3Cl)[C@H]2O)c2ccc(O)c(c2)-c2c(O)cc(O)cc21. The lowest BCUT2D eigenvalue weighted by Gasteiger charge is -2.47. The van der Waals surface area contributed by atoms with Gasteiger partial charge in [-0.3, -0.25) is 38.4 Å². The molecule has 18 atom stereocenters. The van der Waals surface area contributed by atoms with Gasteiger partial charge in [-0.05, 0) is 122 Å². The van der Waals surface area contributed by atoms with Gasteiger partial charge in [0.15, 0.2) is 23.9 Å². The molecule has 21 N–H and O–H groups in total. The summed E-state index contributed by atoms with van der Waals surface area (Å²) in [5.74, 6) is -14.3. The molecule has 0 aromatic heterocycles. The molecule has 11 bridgehead atoms. The second-order valence-corrected chi connectivity index (χ2v) is 30.0.